The standard InChI is InChI=1S/C14H20N2S/c1-10(6-5-7-11(2)15)14-16-12-8-3-4-9-13(12)17-14/h3-4,8-11H,5-7,15H2,1-2H3. The summed E-state index contributed by atoms with van der Waals surface area (Å²) >= 11 is 1.82. The molecule has 0 aliphatic heterocycles. The molecule has 0 bridgehead atoms. The normalized spacial score (nSPS) is 15.0. The van der Waals surface area contributed by atoms with Gasteiger partial charge in [-0.25, -0.2) is 4.98 Å². The number of aromatic nitrogens is 1. The van der Waals surface area contributed by atoms with Crippen molar-refractivity contribution in [1.29, 1.82) is 0 Å². The maximum Gasteiger partial charge on any atom is 0.0966 e. The largest absolute Gasteiger partial charge is 0.328 e. The second kappa shape index (κ2) is 5.61. The zero-order chi connectivity index (χ0) is 12.3. The zero-order valence-electron chi connectivity index (χ0n) is 10.5. The molecule has 17 heavy (non-hydrogen) atoms. The Hall–Kier alpha value is -0.930. The molecule has 2 nitrogen and oxygen atoms in total. The van der Waals surface area contributed by atoms with Crippen molar-refractivity contribution in [2.75, 3.05) is 0 Å². The molecular weight excluding hydrogens is 228 g/mol. The van der Waals surface area contributed by atoms with Crippen LogP contribution in [-0.2, 0) is 0 Å². The highest BCUT2D eigenvalue weighted by Crippen LogP contribution is 2.29. The van der Waals surface area contributed by atoms with Crippen LogP contribution < -0.4 is 5.73 Å². The Labute approximate surface area is 107 Å². The van der Waals surface area contributed by atoms with E-state index in [2.05, 4.69) is 32.0 Å². The van der Waals surface area contributed by atoms with Gasteiger partial charge in [-0.3, -0.25) is 0 Å². The molecule has 0 radical (unpaired) electrons. The number of nitrogens with two attached hydrogens (primary N) is 1. The van der Waals surface area contributed by atoms with Crippen molar-refractivity contribution >= 4 is 21.6 Å². The van der Waals surface area contributed by atoms with Crippen molar-refractivity contribution in [1.82, 2.24) is 4.98 Å². The predicted octanol–water partition coefficient (Wildman–Crippen LogP) is 3.92. The number of nitrogens with zero attached hydrogens (tertiary/aromatic N) is 1. The molecule has 0 aliphatic rings. The molecular formula is C14H20N2S. The molecule has 2 atom stereocenters. The van der Waals surface area contributed by atoms with Gasteiger partial charge in [-0.2, -0.15) is 0 Å². The van der Waals surface area contributed by atoms with E-state index in [9.17, 15) is 0 Å². The Balaban J connectivity index is 2.01. The summed E-state index contributed by atoms with van der Waals surface area (Å²) in [5.74, 6) is 0.547. The van der Waals surface area contributed by atoms with Crippen LogP contribution in [0.25, 0.3) is 10.2 Å². The first-order valence-corrected chi connectivity index (χ1v) is 7.09. The van der Waals surface area contributed by atoms with Crippen LogP contribution in [0.1, 0.15) is 44.0 Å². The van der Waals surface area contributed by atoms with Crippen LogP contribution in [0.2, 0.25) is 0 Å². The molecule has 0 saturated carbocycles. The summed E-state index contributed by atoms with van der Waals surface area (Å²) < 4.78 is 1.29. The lowest BCUT2D eigenvalue weighted by Gasteiger charge is -2.09. The second-order valence-electron chi connectivity index (χ2n) is 4.83. The highest BCUT2D eigenvalue weighted by atomic mass is 32.1. The summed E-state index contributed by atoms with van der Waals surface area (Å²) in [6, 6.07) is 8.67. The summed E-state index contributed by atoms with van der Waals surface area (Å²) in [6.45, 7) is 4.33. The molecule has 1 aromatic heterocycles. The maximum atomic E-state index is 5.77. The first kappa shape index (κ1) is 12.5. The summed E-state index contributed by atoms with van der Waals surface area (Å²) in [5, 5.41) is 1.26. The van der Waals surface area contributed by atoms with E-state index >= 15 is 0 Å². The minimum Gasteiger partial charge on any atom is -0.328 e. The molecule has 1 heterocycles. The first-order valence-electron chi connectivity index (χ1n) is 6.28. The molecule has 2 N–H and O–H groups in total. The van der Waals surface area contributed by atoms with Gasteiger partial charge in [-0.05, 0) is 31.9 Å². The number of fused-ring (bicyclic) bond motifs is 1. The van der Waals surface area contributed by atoms with Crippen molar-refractivity contribution in [2.45, 2.75) is 45.1 Å². The van der Waals surface area contributed by atoms with Crippen LogP contribution >= 0.6 is 11.3 Å². The smallest absolute Gasteiger partial charge is 0.0966 e. The van der Waals surface area contributed by atoms with Gasteiger partial charge in [0, 0.05) is 12.0 Å². The maximum absolute atomic E-state index is 5.77. The van der Waals surface area contributed by atoms with Crippen molar-refractivity contribution in [2.24, 2.45) is 5.73 Å². The average Bonchev–Trinajstić information content (AvgIpc) is 2.71. The Kier molecular flexibility index (Phi) is 4.13. The SMILES string of the molecule is CC(N)CCCC(C)c1nc2ccccc2s1. The minimum atomic E-state index is 0.317. The van der Waals surface area contributed by atoms with Crippen LogP contribution in [-0.4, -0.2) is 11.0 Å². The van der Waals surface area contributed by atoms with Gasteiger partial charge in [0.1, 0.15) is 0 Å². The fraction of sp³-hybridized carbons (Fsp3) is 0.500. The van der Waals surface area contributed by atoms with E-state index in [1.54, 1.807) is 0 Å². The van der Waals surface area contributed by atoms with Gasteiger partial charge in [0.05, 0.1) is 15.2 Å². The van der Waals surface area contributed by atoms with Gasteiger partial charge in [0.2, 0.25) is 0 Å². The Morgan fingerprint density at radius 1 is 1.24 bits per heavy atom. The Morgan fingerprint density at radius 2 is 2.00 bits per heavy atom. The van der Waals surface area contributed by atoms with Crippen molar-refractivity contribution in [3.05, 3.63) is 29.3 Å². The summed E-state index contributed by atoms with van der Waals surface area (Å²) in [7, 11) is 0. The summed E-state index contributed by atoms with van der Waals surface area (Å²) in [4.78, 5) is 4.70. The van der Waals surface area contributed by atoms with E-state index in [0.29, 0.717) is 12.0 Å². The average molecular weight is 248 g/mol. The number of hydrogen-bond acceptors (Lipinski definition) is 3. The number of benzene rings is 1. The Morgan fingerprint density at radius 3 is 2.71 bits per heavy atom. The van der Waals surface area contributed by atoms with Gasteiger partial charge in [0.25, 0.3) is 0 Å². The first-order chi connectivity index (χ1) is 8.16. The number of para-hydroxylation sites is 1. The Bertz CT molecular complexity index is 443. The van der Waals surface area contributed by atoms with Crippen LogP contribution in [0.4, 0.5) is 0 Å². The third kappa shape index (κ3) is 3.27. The third-order valence-corrected chi connectivity index (χ3v) is 4.30. The molecule has 0 aliphatic carbocycles. The minimum absolute atomic E-state index is 0.317. The molecule has 2 aromatic rings. The van der Waals surface area contributed by atoms with Gasteiger partial charge in [-0.1, -0.05) is 25.5 Å². The fourth-order valence-corrected chi connectivity index (χ4v) is 3.02. The van der Waals surface area contributed by atoms with E-state index in [1.165, 1.54) is 22.5 Å². The lowest BCUT2D eigenvalue weighted by Crippen LogP contribution is -2.14. The van der Waals surface area contributed by atoms with Gasteiger partial charge in [0.15, 0.2) is 0 Å². The van der Waals surface area contributed by atoms with E-state index in [0.717, 1.165) is 11.9 Å². The molecule has 1 aromatic carbocycles. The number of thiazole rings is 1. The van der Waals surface area contributed by atoms with Crippen molar-refractivity contribution < 1.29 is 0 Å². The molecule has 0 amide bonds. The third-order valence-electron chi connectivity index (χ3n) is 3.03. The fourth-order valence-electron chi connectivity index (χ4n) is 1.97. The van der Waals surface area contributed by atoms with Gasteiger partial charge >= 0.3 is 0 Å². The molecule has 2 unspecified atom stereocenters. The topological polar surface area (TPSA) is 38.9 Å². The summed E-state index contributed by atoms with van der Waals surface area (Å²) in [6.07, 6.45) is 3.48. The van der Waals surface area contributed by atoms with E-state index < -0.39 is 0 Å². The quantitative estimate of drug-likeness (QED) is 0.871. The number of hydrogen-bond donors (Lipinski definition) is 1. The van der Waals surface area contributed by atoms with Gasteiger partial charge in [-0.15, -0.1) is 11.3 Å². The van der Waals surface area contributed by atoms with Gasteiger partial charge < -0.3 is 5.73 Å². The molecule has 2 rings (SSSR count). The van der Waals surface area contributed by atoms with Crippen LogP contribution in [0, 0.1) is 0 Å². The molecule has 3 heteroatoms. The lowest BCUT2D eigenvalue weighted by atomic mass is 10.0. The molecule has 0 saturated heterocycles. The highest BCUT2D eigenvalue weighted by molar-refractivity contribution is 7.18. The number of rotatable bonds is 5. The highest BCUT2D eigenvalue weighted by Gasteiger charge is 2.11. The molecule has 92 valence electrons. The molecule has 0 fully saturated rings. The van der Waals surface area contributed by atoms with Crippen LogP contribution in [0.5, 0.6) is 0 Å². The monoisotopic (exact) mass is 248 g/mol. The van der Waals surface area contributed by atoms with E-state index in [4.69, 9.17) is 10.7 Å². The summed E-state index contributed by atoms with van der Waals surface area (Å²) in [5.41, 5.74) is 6.90. The molecule has 0 spiro atoms. The second-order valence-corrected chi connectivity index (χ2v) is 5.89. The zero-order valence-corrected chi connectivity index (χ0v) is 11.3. The van der Waals surface area contributed by atoms with E-state index in [-0.39, 0.29) is 0 Å². The van der Waals surface area contributed by atoms with Crippen LogP contribution in [0.3, 0.4) is 0 Å². The van der Waals surface area contributed by atoms with Crippen molar-refractivity contribution in [3.63, 3.8) is 0 Å². The van der Waals surface area contributed by atoms with Crippen LogP contribution in [0.15, 0.2) is 24.3 Å². The predicted molar refractivity (Wildman–Crippen MR) is 75.5 cm³/mol. The lowest BCUT2D eigenvalue weighted by molar-refractivity contribution is 0.556. The van der Waals surface area contributed by atoms with Crippen molar-refractivity contribution in [3.8, 4) is 0 Å². The van der Waals surface area contributed by atoms with E-state index in [1.807, 2.05) is 17.4 Å².